The second-order valence-electron chi connectivity index (χ2n) is 3.67. The molecule has 1 fully saturated rings. The number of halogens is 1. The van der Waals surface area contributed by atoms with Crippen molar-refractivity contribution in [2.24, 2.45) is 0 Å². The Hall–Kier alpha value is -0.880. The van der Waals surface area contributed by atoms with Crippen molar-refractivity contribution in [3.63, 3.8) is 0 Å². The normalized spacial score (nSPS) is 24.4. The molecule has 1 aliphatic heterocycles. The van der Waals surface area contributed by atoms with Crippen molar-refractivity contribution in [3.8, 4) is 5.88 Å². The highest BCUT2D eigenvalue weighted by Gasteiger charge is 2.24. The van der Waals surface area contributed by atoms with E-state index in [1.807, 2.05) is 6.92 Å². The van der Waals surface area contributed by atoms with Gasteiger partial charge in [-0.15, -0.1) is 0 Å². The molecule has 0 amide bonds. The molecule has 2 atom stereocenters. The van der Waals surface area contributed by atoms with Crippen LogP contribution in [0, 0.1) is 0 Å². The lowest BCUT2D eigenvalue weighted by Crippen LogP contribution is -2.27. The third-order valence-corrected chi connectivity index (χ3v) is 3.14. The summed E-state index contributed by atoms with van der Waals surface area (Å²) in [6, 6.07) is 0.269. The van der Waals surface area contributed by atoms with Crippen LogP contribution in [0.25, 0.3) is 0 Å². The molecule has 1 N–H and O–H groups in total. The van der Waals surface area contributed by atoms with Crippen molar-refractivity contribution < 1.29 is 9.47 Å². The van der Waals surface area contributed by atoms with Crippen LogP contribution in [0.5, 0.6) is 5.88 Å². The highest BCUT2D eigenvalue weighted by Crippen LogP contribution is 2.23. The van der Waals surface area contributed by atoms with Crippen molar-refractivity contribution in [2.45, 2.75) is 25.5 Å². The molecule has 1 aromatic rings. The number of methoxy groups -OCH3 is 1. The van der Waals surface area contributed by atoms with E-state index in [1.165, 1.54) is 0 Å². The zero-order valence-electron chi connectivity index (χ0n) is 9.24. The predicted molar refractivity (Wildman–Crippen MR) is 63.7 cm³/mol. The highest BCUT2D eigenvalue weighted by molar-refractivity contribution is 9.10. The van der Waals surface area contributed by atoms with E-state index in [4.69, 9.17) is 9.47 Å². The van der Waals surface area contributed by atoms with Crippen LogP contribution in [0.15, 0.2) is 10.7 Å². The van der Waals surface area contributed by atoms with E-state index >= 15 is 0 Å². The molecule has 0 radical (unpaired) electrons. The number of ether oxygens (including phenoxy) is 2. The van der Waals surface area contributed by atoms with Crippen molar-refractivity contribution >= 4 is 21.9 Å². The largest absolute Gasteiger partial charge is 0.480 e. The molecule has 0 spiro atoms. The van der Waals surface area contributed by atoms with Crippen LogP contribution in [0.1, 0.15) is 13.3 Å². The maximum absolute atomic E-state index is 5.46. The Labute approximate surface area is 103 Å². The second kappa shape index (κ2) is 4.97. The van der Waals surface area contributed by atoms with E-state index in [-0.39, 0.29) is 12.1 Å². The summed E-state index contributed by atoms with van der Waals surface area (Å²) in [6.45, 7) is 2.83. The maximum Gasteiger partial charge on any atom is 0.232 e. The van der Waals surface area contributed by atoms with Gasteiger partial charge in [0.05, 0.1) is 29.9 Å². The molecule has 0 aromatic carbocycles. The third kappa shape index (κ3) is 2.44. The van der Waals surface area contributed by atoms with Gasteiger partial charge in [-0.3, -0.25) is 0 Å². The van der Waals surface area contributed by atoms with Gasteiger partial charge in [0, 0.05) is 6.61 Å². The number of aromatic nitrogens is 2. The highest BCUT2D eigenvalue weighted by atomic mass is 79.9. The lowest BCUT2D eigenvalue weighted by Gasteiger charge is -2.16. The first-order chi connectivity index (χ1) is 7.70. The Morgan fingerprint density at radius 1 is 1.62 bits per heavy atom. The lowest BCUT2D eigenvalue weighted by atomic mass is 10.2. The molecule has 0 bridgehead atoms. The Morgan fingerprint density at radius 3 is 3.06 bits per heavy atom. The minimum atomic E-state index is 0.193. The van der Waals surface area contributed by atoms with Gasteiger partial charge in [-0.2, -0.15) is 4.98 Å². The number of nitrogens with zero attached hydrogens (tertiary/aromatic N) is 2. The zero-order valence-corrected chi connectivity index (χ0v) is 10.8. The molecule has 1 saturated heterocycles. The first-order valence-electron chi connectivity index (χ1n) is 5.15. The first kappa shape index (κ1) is 11.6. The second-order valence-corrected chi connectivity index (χ2v) is 4.52. The summed E-state index contributed by atoms with van der Waals surface area (Å²) in [5.74, 6) is 1.10. The van der Waals surface area contributed by atoms with Crippen LogP contribution in [0.2, 0.25) is 0 Å². The van der Waals surface area contributed by atoms with Crippen LogP contribution in [-0.4, -0.2) is 35.8 Å². The van der Waals surface area contributed by atoms with E-state index in [9.17, 15) is 0 Å². The van der Waals surface area contributed by atoms with Crippen LogP contribution in [-0.2, 0) is 4.74 Å². The monoisotopic (exact) mass is 287 g/mol. The molecule has 0 aliphatic carbocycles. The van der Waals surface area contributed by atoms with Crippen molar-refractivity contribution in [1.82, 2.24) is 9.97 Å². The Bertz CT molecular complexity index is 375. The van der Waals surface area contributed by atoms with E-state index in [2.05, 4.69) is 31.2 Å². The summed E-state index contributed by atoms with van der Waals surface area (Å²) in [4.78, 5) is 8.42. The number of nitrogens with one attached hydrogen (secondary N) is 1. The molecule has 2 unspecified atom stereocenters. The van der Waals surface area contributed by atoms with Crippen molar-refractivity contribution in [2.75, 3.05) is 19.0 Å². The molecule has 1 aliphatic rings. The van der Waals surface area contributed by atoms with Gasteiger partial charge in [0.15, 0.2) is 0 Å². The predicted octanol–water partition coefficient (Wildman–Crippen LogP) is 1.84. The zero-order chi connectivity index (χ0) is 11.5. The molecule has 16 heavy (non-hydrogen) atoms. The summed E-state index contributed by atoms with van der Waals surface area (Å²) in [6.07, 6.45) is 2.84. The lowest BCUT2D eigenvalue weighted by molar-refractivity contribution is 0.121. The fraction of sp³-hybridized carbons (Fsp3) is 0.600. The van der Waals surface area contributed by atoms with Gasteiger partial charge < -0.3 is 14.8 Å². The SMILES string of the molecule is COc1nc(NC2CCOC2C)ncc1Br. The molecular formula is C10H14BrN3O2. The quantitative estimate of drug-likeness (QED) is 0.919. The number of hydrogen-bond acceptors (Lipinski definition) is 5. The number of hydrogen-bond donors (Lipinski definition) is 1. The van der Waals surface area contributed by atoms with E-state index in [0.29, 0.717) is 11.8 Å². The third-order valence-electron chi connectivity index (χ3n) is 2.60. The molecule has 6 heteroatoms. The van der Waals surface area contributed by atoms with Gasteiger partial charge in [-0.05, 0) is 29.3 Å². The Kier molecular flexibility index (Phi) is 3.60. The number of rotatable bonds is 3. The van der Waals surface area contributed by atoms with Gasteiger partial charge in [-0.25, -0.2) is 4.98 Å². The average Bonchev–Trinajstić information content (AvgIpc) is 2.67. The number of anilines is 1. The molecular weight excluding hydrogens is 274 g/mol. The minimum absolute atomic E-state index is 0.193. The van der Waals surface area contributed by atoms with Crippen molar-refractivity contribution in [3.05, 3.63) is 10.7 Å². The van der Waals surface area contributed by atoms with Gasteiger partial charge in [0.1, 0.15) is 0 Å². The minimum Gasteiger partial charge on any atom is -0.480 e. The van der Waals surface area contributed by atoms with Crippen molar-refractivity contribution in [1.29, 1.82) is 0 Å². The van der Waals surface area contributed by atoms with Gasteiger partial charge in [0.25, 0.3) is 0 Å². The molecule has 5 nitrogen and oxygen atoms in total. The van der Waals surface area contributed by atoms with E-state index < -0.39 is 0 Å². The topological polar surface area (TPSA) is 56.3 Å². The van der Waals surface area contributed by atoms with Crippen LogP contribution >= 0.6 is 15.9 Å². The Balaban J connectivity index is 2.09. The smallest absolute Gasteiger partial charge is 0.232 e. The molecule has 2 rings (SSSR count). The summed E-state index contributed by atoms with van der Waals surface area (Å²) < 4.78 is 11.3. The fourth-order valence-electron chi connectivity index (χ4n) is 1.65. The maximum atomic E-state index is 5.46. The van der Waals surface area contributed by atoms with E-state index in [0.717, 1.165) is 17.5 Å². The Morgan fingerprint density at radius 2 is 2.44 bits per heavy atom. The summed E-state index contributed by atoms with van der Waals surface area (Å²) in [5, 5.41) is 3.24. The van der Waals surface area contributed by atoms with E-state index in [1.54, 1.807) is 13.3 Å². The average molecular weight is 288 g/mol. The summed E-state index contributed by atoms with van der Waals surface area (Å²) >= 11 is 3.31. The van der Waals surface area contributed by atoms with Gasteiger partial charge in [0.2, 0.25) is 11.8 Å². The van der Waals surface area contributed by atoms with Crippen LogP contribution in [0.4, 0.5) is 5.95 Å². The summed E-state index contributed by atoms with van der Waals surface area (Å²) in [7, 11) is 1.58. The van der Waals surface area contributed by atoms with Crippen LogP contribution in [0.3, 0.4) is 0 Å². The molecule has 1 aromatic heterocycles. The van der Waals surface area contributed by atoms with Gasteiger partial charge >= 0.3 is 0 Å². The molecule has 2 heterocycles. The summed E-state index contributed by atoms with van der Waals surface area (Å²) in [5.41, 5.74) is 0. The molecule has 88 valence electrons. The first-order valence-corrected chi connectivity index (χ1v) is 5.94. The van der Waals surface area contributed by atoms with Gasteiger partial charge in [-0.1, -0.05) is 0 Å². The molecule has 0 saturated carbocycles. The fourth-order valence-corrected chi connectivity index (χ4v) is 2.00. The standard InChI is InChI=1S/C10H14BrN3O2/c1-6-8(3-4-16-6)13-10-12-5-7(11)9(14-10)15-2/h5-6,8H,3-4H2,1-2H3,(H,12,13,14). The van der Waals surface area contributed by atoms with Crippen LogP contribution < -0.4 is 10.1 Å².